The van der Waals surface area contributed by atoms with E-state index in [0.717, 1.165) is 17.4 Å². The fourth-order valence-corrected chi connectivity index (χ4v) is 4.81. The molecule has 34 heavy (non-hydrogen) atoms. The van der Waals surface area contributed by atoms with E-state index in [-0.39, 0.29) is 24.8 Å². The number of rotatable bonds is 12. The van der Waals surface area contributed by atoms with E-state index < -0.39 is 16.1 Å². The molecule has 186 valence electrons. The predicted octanol–water partition coefficient (Wildman–Crippen LogP) is 3.10. The number of methoxy groups -OCH3 is 1. The van der Waals surface area contributed by atoms with Gasteiger partial charge >= 0.3 is 0 Å². The van der Waals surface area contributed by atoms with E-state index in [1.807, 2.05) is 38.1 Å². The summed E-state index contributed by atoms with van der Waals surface area (Å²) in [6, 6.07) is 13.9. The SMILES string of the molecule is CC[C@@H](C(=O)NC)N(Cc1cccc(C)c1)C(=O)CCCN(c1ccc(OC)cc1)S(C)(=O)=O. The summed E-state index contributed by atoms with van der Waals surface area (Å²) in [5.41, 5.74) is 2.51. The highest BCUT2D eigenvalue weighted by Gasteiger charge is 2.28. The van der Waals surface area contributed by atoms with Gasteiger partial charge in [-0.3, -0.25) is 13.9 Å². The highest BCUT2D eigenvalue weighted by Crippen LogP contribution is 2.22. The van der Waals surface area contributed by atoms with Crippen LogP contribution in [0.3, 0.4) is 0 Å². The maximum atomic E-state index is 13.3. The average molecular weight is 490 g/mol. The van der Waals surface area contributed by atoms with E-state index in [0.29, 0.717) is 30.8 Å². The zero-order valence-electron chi connectivity index (χ0n) is 20.6. The lowest BCUT2D eigenvalue weighted by Crippen LogP contribution is -2.48. The molecule has 1 N–H and O–H groups in total. The monoisotopic (exact) mass is 489 g/mol. The third kappa shape index (κ3) is 7.48. The van der Waals surface area contributed by atoms with Crippen LogP contribution in [0, 0.1) is 6.92 Å². The molecule has 2 amide bonds. The molecular weight excluding hydrogens is 454 g/mol. The van der Waals surface area contributed by atoms with Crippen molar-refractivity contribution < 1.29 is 22.7 Å². The fourth-order valence-electron chi connectivity index (χ4n) is 3.85. The first-order chi connectivity index (χ1) is 16.1. The quantitative estimate of drug-likeness (QED) is 0.494. The van der Waals surface area contributed by atoms with Gasteiger partial charge in [0.25, 0.3) is 0 Å². The van der Waals surface area contributed by atoms with E-state index in [9.17, 15) is 18.0 Å². The van der Waals surface area contributed by atoms with Gasteiger partial charge in [0.1, 0.15) is 11.8 Å². The maximum Gasteiger partial charge on any atom is 0.242 e. The Balaban J connectivity index is 2.18. The summed E-state index contributed by atoms with van der Waals surface area (Å²) in [7, 11) is -0.448. The maximum absolute atomic E-state index is 13.3. The number of carbonyl (C=O) groups is 2. The molecule has 1 atom stereocenters. The summed E-state index contributed by atoms with van der Waals surface area (Å²) in [5.74, 6) is 0.207. The van der Waals surface area contributed by atoms with Crippen molar-refractivity contribution in [1.29, 1.82) is 0 Å². The van der Waals surface area contributed by atoms with Crippen molar-refractivity contribution in [1.82, 2.24) is 10.2 Å². The van der Waals surface area contributed by atoms with E-state index in [1.54, 1.807) is 43.3 Å². The second-order valence-corrected chi connectivity index (χ2v) is 10.1. The Morgan fingerprint density at radius 1 is 1.12 bits per heavy atom. The number of nitrogens with one attached hydrogen (secondary N) is 1. The number of nitrogens with zero attached hydrogens (tertiary/aromatic N) is 2. The van der Waals surface area contributed by atoms with Gasteiger partial charge < -0.3 is 15.0 Å². The summed E-state index contributed by atoms with van der Waals surface area (Å²) in [4.78, 5) is 27.3. The normalized spacial score (nSPS) is 12.0. The number of likely N-dealkylation sites (N-methyl/N-ethyl adjacent to an activating group) is 1. The lowest BCUT2D eigenvalue weighted by Gasteiger charge is -2.31. The number of hydrogen-bond acceptors (Lipinski definition) is 5. The van der Waals surface area contributed by atoms with Gasteiger partial charge in [0.15, 0.2) is 0 Å². The second-order valence-electron chi connectivity index (χ2n) is 8.19. The van der Waals surface area contributed by atoms with Crippen LogP contribution in [0.1, 0.15) is 37.3 Å². The van der Waals surface area contributed by atoms with Crippen molar-refractivity contribution in [2.75, 3.05) is 31.3 Å². The minimum atomic E-state index is -3.54. The smallest absolute Gasteiger partial charge is 0.242 e. The molecule has 0 heterocycles. The molecule has 0 saturated heterocycles. The molecule has 0 aliphatic rings. The van der Waals surface area contributed by atoms with Crippen molar-refractivity contribution in [3.8, 4) is 5.75 Å². The van der Waals surface area contributed by atoms with Crippen molar-refractivity contribution in [3.05, 3.63) is 59.7 Å². The van der Waals surface area contributed by atoms with Gasteiger partial charge in [0.2, 0.25) is 21.8 Å². The van der Waals surface area contributed by atoms with E-state index in [1.165, 1.54) is 4.31 Å². The van der Waals surface area contributed by atoms with Crippen LogP contribution in [-0.4, -0.2) is 58.1 Å². The Morgan fingerprint density at radius 2 is 1.79 bits per heavy atom. The third-order valence-corrected chi connectivity index (χ3v) is 6.77. The van der Waals surface area contributed by atoms with E-state index in [4.69, 9.17) is 4.74 Å². The van der Waals surface area contributed by atoms with Gasteiger partial charge in [-0.2, -0.15) is 0 Å². The minimum absolute atomic E-state index is 0.113. The molecule has 0 spiro atoms. The van der Waals surface area contributed by atoms with Gasteiger partial charge in [0, 0.05) is 26.6 Å². The van der Waals surface area contributed by atoms with Crippen LogP contribution in [0.4, 0.5) is 5.69 Å². The van der Waals surface area contributed by atoms with Crippen molar-refractivity contribution in [2.24, 2.45) is 0 Å². The van der Waals surface area contributed by atoms with Crippen molar-refractivity contribution in [2.45, 2.75) is 45.7 Å². The number of aryl methyl sites for hydroxylation is 1. The Kier molecular flexibility index (Phi) is 9.92. The molecule has 0 fully saturated rings. The number of hydrogen-bond donors (Lipinski definition) is 1. The zero-order chi connectivity index (χ0) is 25.3. The molecule has 8 nitrogen and oxygen atoms in total. The fraction of sp³-hybridized carbons (Fsp3) is 0.440. The molecule has 2 aromatic carbocycles. The molecule has 2 rings (SSSR count). The Hall–Kier alpha value is -3.07. The van der Waals surface area contributed by atoms with Gasteiger partial charge in [0.05, 0.1) is 19.1 Å². The summed E-state index contributed by atoms with van der Waals surface area (Å²) >= 11 is 0. The van der Waals surface area contributed by atoms with Gasteiger partial charge in [-0.15, -0.1) is 0 Å². The number of anilines is 1. The van der Waals surface area contributed by atoms with Crippen LogP contribution in [0.25, 0.3) is 0 Å². The topological polar surface area (TPSA) is 96.0 Å². The molecule has 0 unspecified atom stereocenters. The molecule has 0 aliphatic heterocycles. The Labute approximate surface area is 202 Å². The summed E-state index contributed by atoms with van der Waals surface area (Å²) < 4.78 is 31.2. The number of ether oxygens (including phenoxy) is 1. The number of benzene rings is 2. The summed E-state index contributed by atoms with van der Waals surface area (Å²) in [6.07, 6.45) is 2.04. The van der Waals surface area contributed by atoms with Crippen LogP contribution >= 0.6 is 0 Å². The molecule has 9 heteroatoms. The third-order valence-electron chi connectivity index (χ3n) is 5.58. The van der Waals surface area contributed by atoms with Crippen LogP contribution in [0.15, 0.2) is 48.5 Å². The first kappa shape index (κ1) is 27.2. The van der Waals surface area contributed by atoms with Crippen molar-refractivity contribution in [3.63, 3.8) is 0 Å². The van der Waals surface area contributed by atoms with Gasteiger partial charge in [-0.25, -0.2) is 8.42 Å². The average Bonchev–Trinajstić information content (AvgIpc) is 2.80. The number of carbonyl (C=O) groups excluding carboxylic acids is 2. The standard InChI is InChI=1S/C25H35N3O5S/c1-6-23(25(30)26-3)27(18-20-10-7-9-19(2)17-20)24(29)11-8-16-28(34(5,31)32)21-12-14-22(33-4)15-13-21/h7,9-10,12-15,17,23H,6,8,11,16,18H2,1-5H3,(H,26,30)/t23-/m0/s1. The number of amides is 2. The molecular formula is C25H35N3O5S. The molecule has 0 bridgehead atoms. The predicted molar refractivity (Wildman–Crippen MR) is 134 cm³/mol. The molecule has 0 aliphatic carbocycles. The lowest BCUT2D eigenvalue weighted by atomic mass is 10.1. The van der Waals surface area contributed by atoms with Crippen LogP contribution in [0.2, 0.25) is 0 Å². The zero-order valence-corrected chi connectivity index (χ0v) is 21.4. The van der Waals surface area contributed by atoms with Crippen LogP contribution in [-0.2, 0) is 26.2 Å². The molecule has 0 aromatic heterocycles. The van der Waals surface area contributed by atoms with Crippen LogP contribution < -0.4 is 14.4 Å². The Bertz CT molecular complexity index is 1070. The van der Waals surface area contributed by atoms with E-state index in [2.05, 4.69) is 5.32 Å². The minimum Gasteiger partial charge on any atom is -0.497 e. The van der Waals surface area contributed by atoms with Crippen LogP contribution in [0.5, 0.6) is 5.75 Å². The van der Waals surface area contributed by atoms with E-state index >= 15 is 0 Å². The molecule has 0 saturated carbocycles. The molecule has 2 aromatic rings. The van der Waals surface area contributed by atoms with Gasteiger partial charge in [-0.05, 0) is 49.6 Å². The Morgan fingerprint density at radius 3 is 2.32 bits per heavy atom. The van der Waals surface area contributed by atoms with Crippen molar-refractivity contribution >= 4 is 27.5 Å². The highest BCUT2D eigenvalue weighted by molar-refractivity contribution is 7.92. The second kappa shape index (κ2) is 12.4. The first-order valence-electron chi connectivity index (χ1n) is 11.3. The summed E-state index contributed by atoms with van der Waals surface area (Å²) in [5, 5.41) is 2.64. The number of sulfonamides is 1. The largest absolute Gasteiger partial charge is 0.497 e. The highest BCUT2D eigenvalue weighted by atomic mass is 32.2. The summed E-state index contributed by atoms with van der Waals surface area (Å²) in [6.45, 7) is 4.29. The van der Waals surface area contributed by atoms with Gasteiger partial charge in [-0.1, -0.05) is 36.8 Å². The lowest BCUT2D eigenvalue weighted by molar-refractivity contribution is -0.141. The molecule has 0 radical (unpaired) electrons. The first-order valence-corrected chi connectivity index (χ1v) is 13.1.